The van der Waals surface area contributed by atoms with Crippen molar-refractivity contribution < 1.29 is 9.53 Å². The SMILES string of the molecule is COc1ccc(Cl)c2sc(NC(=O)CCSc3ccccc3)nc12. The van der Waals surface area contributed by atoms with Crippen LogP contribution in [0.15, 0.2) is 47.4 Å². The standard InChI is InChI=1S/C17H15ClN2O2S2/c1-22-13-8-7-12(18)16-15(13)20-17(24-16)19-14(21)9-10-23-11-5-3-2-4-6-11/h2-8H,9-10H2,1H3,(H,19,20,21). The van der Waals surface area contributed by atoms with Crippen molar-refractivity contribution in [1.82, 2.24) is 4.98 Å². The first-order valence-electron chi connectivity index (χ1n) is 7.28. The number of hydrogen-bond donors (Lipinski definition) is 1. The number of amides is 1. The molecule has 3 rings (SSSR count). The van der Waals surface area contributed by atoms with Gasteiger partial charge in [-0.1, -0.05) is 41.1 Å². The number of ether oxygens (including phenoxy) is 1. The third kappa shape index (κ3) is 4.01. The molecule has 4 nitrogen and oxygen atoms in total. The summed E-state index contributed by atoms with van der Waals surface area (Å²) in [5.74, 6) is 1.29. The van der Waals surface area contributed by atoms with Crippen LogP contribution >= 0.6 is 34.7 Å². The van der Waals surface area contributed by atoms with E-state index >= 15 is 0 Å². The molecule has 0 atom stereocenters. The number of nitrogens with one attached hydrogen (secondary N) is 1. The van der Waals surface area contributed by atoms with Crippen molar-refractivity contribution in [3.63, 3.8) is 0 Å². The largest absolute Gasteiger partial charge is 0.494 e. The molecule has 3 aromatic rings. The summed E-state index contributed by atoms with van der Waals surface area (Å²) in [7, 11) is 1.58. The van der Waals surface area contributed by atoms with Crippen molar-refractivity contribution in [3.05, 3.63) is 47.5 Å². The van der Waals surface area contributed by atoms with Gasteiger partial charge in [0, 0.05) is 17.1 Å². The lowest BCUT2D eigenvalue weighted by Gasteiger charge is -2.02. The second-order valence-electron chi connectivity index (χ2n) is 4.91. The highest BCUT2D eigenvalue weighted by Gasteiger charge is 2.13. The number of rotatable bonds is 6. The van der Waals surface area contributed by atoms with Crippen LogP contribution in [0.1, 0.15) is 6.42 Å². The summed E-state index contributed by atoms with van der Waals surface area (Å²) in [4.78, 5) is 17.7. The van der Waals surface area contributed by atoms with Gasteiger partial charge in [0.2, 0.25) is 5.91 Å². The Hall–Kier alpha value is -1.76. The van der Waals surface area contributed by atoms with Gasteiger partial charge in [-0.15, -0.1) is 11.8 Å². The predicted molar refractivity (Wildman–Crippen MR) is 102 cm³/mol. The number of aromatic nitrogens is 1. The van der Waals surface area contributed by atoms with Gasteiger partial charge in [-0.05, 0) is 24.3 Å². The molecule has 1 N–H and O–H groups in total. The molecule has 0 aliphatic carbocycles. The Balaban J connectivity index is 1.62. The Bertz CT molecular complexity index is 852. The predicted octanol–water partition coefficient (Wildman–Crippen LogP) is 5.08. The first-order chi connectivity index (χ1) is 11.7. The van der Waals surface area contributed by atoms with E-state index < -0.39 is 0 Å². The molecule has 0 radical (unpaired) electrons. The number of nitrogens with zero attached hydrogens (tertiary/aromatic N) is 1. The zero-order chi connectivity index (χ0) is 16.9. The van der Waals surface area contributed by atoms with Crippen LogP contribution in [0.5, 0.6) is 5.75 Å². The summed E-state index contributed by atoms with van der Waals surface area (Å²) in [5, 5.41) is 3.97. The van der Waals surface area contributed by atoms with Crippen molar-refractivity contribution in [3.8, 4) is 5.75 Å². The number of carbonyl (C=O) groups excluding carboxylic acids is 1. The van der Waals surface area contributed by atoms with Crippen LogP contribution < -0.4 is 10.1 Å². The summed E-state index contributed by atoms with van der Waals surface area (Å²) < 4.78 is 6.09. The minimum atomic E-state index is -0.0624. The molecule has 2 aromatic carbocycles. The van der Waals surface area contributed by atoms with E-state index in [1.165, 1.54) is 11.3 Å². The number of halogens is 1. The summed E-state index contributed by atoms with van der Waals surface area (Å²) in [5.41, 5.74) is 0.670. The van der Waals surface area contributed by atoms with Gasteiger partial charge in [0.05, 0.1) is 16.8 Å². The van der Waals surface area contributed by atoms with Gasteiger partial charge in [-0.3, -0.25) is 4.79 Å². The van der Waals surface area contributed by atoms with Crippen LogP contribution in [0, 0.1) is 0 Å². The fourth-order valence-electron chi connectivity index (χ4n) is 2.13. The van der Waals surface area contributed by atoms with Gasteiger partial charge in [0.15, 0.2) is 5.13 Å². The molecule has 7 heteroatoms. The molecule has 24 heavy (non-hydrogen) atoms. The van der Waals surface area contributed by atoms with Gasteiger partial charge < -0.3 is 10.1 Å². The van der Waals surface area contributed by atoms with E-state index in [9.17, 15) is 4.79 Å². The maximum Gasteiger partial charge on any atom is 0.226 e. The normalized spacial score (nSPS) is 10.8. The Morgan fingerprint density at radius 2 is 2.08 bits per heavy atom. The average molecular weight is 379 g/mol. The van der Waals surface area contributed by atoms with E-state index in [1.807, 2.05) is 30.3 Å². The maximum atomic E-state index is 12.1. The molecular formula is C17H15ClN2O2S2. The summed E-state index contributed by atoms with van der Waals surface area (Å²) in [6.45, 7) is 0. The molecule has 0 fully saturated rings. The van der Waals surface area contributed by atoms with E-state index in [1.54, 1.807) is 31.0 Å². The van der Waals surface area contributed by atoms with E-state index in [0.717, 1.165) is 9.60 Å². The number of fused-ring (bicyclic) bond motifs is 1. The van der Waals surface area contributed by atoms with Gasteiger partial charge in [-0.2, -0.15) is 0 Å². The molecular weight excluding hydrogens is 364 g/mol. The molecule has 0 saturated carbocycles. The van der Waals surface area contributed by atoms with Crippen LogP contribution in [-0.2, 0) is 4.79 Å². The quantitative estimate of drug-likeness (QED) is 0.608. The van der Waals surface area contributed by atoms with Crippen molar-refractivity contribution in [2.24, 2.45) is 0 Å². The topological polar surface area (TPSA) is 51.2 Å². The Morgan fingerprint density at radius 1 is 1.29 bits per heavy atom. The lowest BCUT2D eigenvalue weighted by Crippen LogP contribution is -2.11. The number of thioether (sulfide) groups is 1. The minimum absolute atomic E-state index is 0.0624. The van der Waals surface area contributed by atoms with Crippen molar-refractivity contribution in [1.29, 1.82) is 0 Å². The van der Waals surface area contributed by atoms with Crippen LogP contribution in [0.4, 0.5) is 5.13 Å². The number of thiazole rings is 1. The highest BCUT2D eigenvalue weighted by atomic mass is 35.5. The molecule has 0 unspecified atom stereocenters. The van der Waals surface area contributed by atoms with Crippen molar-refractivity contribution in [2.45, 2.75) is 11.3 Å². The summed E-state index contributed by atoms with van der Waals surface area (Å²) in [6.07, 6.45) is 0.417. The molecule has 0 spiro atoms. The highest BCUT2D eigenvalue weighted by molar-refractivity contribution is 7.99. The molecule has 1 amide bonds. The smallest absolute Gasteiger partial charge is 0.226 e. The molecule has 0 saturated heterocycles. The molecule has 124 valence electrons. The van der Waals surface area contributed by atoms with Gasteiger partial charge >= 0.3 is 0 Å². The summed E-state index contributed by atoms with van der Waals surface area (Å²) in [6, 6.07) is 13.6. The van der Waals surface area contributed by atoms with E-state index in [4.69, 9.17) is 16.3 Å². The minimum Gasteiger partial charge on any atom is -0.494 e. The molecule has 1 heterocycles. The number of hydrogen-bond acceptors (Lipinski definition) is 5. The summed E-state index contributed by atoms with van der Waals surface area (Å²) >= 11 is 9.19. The van der Waals surface area contributed by atoms with Crippen LogP contribution in [0.25, 0.3) is 10.2 Å². The zero-order valence-corrected chi connectivity index (χ0v) is 15.3. The van der Waals surface area contributed by atoms with Crippen LogP contribution in [-0.4, -0.2) is 23.8 Å². The van der Waals surface area contributed by atoms with E-state index in [2.05, 4.69) is 10.3 Å². The number of methoxy groups -OCH3 is 1. The van der Waals surface area contributed by atoms with E-state index in [-0.39, 0.29) is 5.91 Å². The fraction of sp³-hybridized carbons (Fsp3) is 0.176. The van der Waals surface area contributed by atoms with Crippen molar-refractivity contribution in [2.75, 3.05) is 18.2 Å². The van der Waals surface area contributed by atoms with Crippen molar-refractivity contribution >= 4 is 56.0 Å². The number of carbonyl (C=O) groups is 1. The lowest BCUT2D eigenvalue weighted by molar-refractivity contribution is -0.115. The number of anilines is 1. The van der Waals surface area contributed by atoms with Crippen LogP contribution in [0.3, 0.4) is 0 Å². The fourth-order valence-corrected chi connectivity index (χ4v) is 4.18. The Kier molecular flexibility index (Phi) is 5.60. The zero-order valence-electron chi connectivity index (χ0n) is 12.9. The van der Waals surface area contributed by atoms with Gasteiger partial charge in [-0.25, -0.2) is 4.98 Å². The van der Waals surface area contributed by atoms with E-state index in [0.29, 0.717) is 33.6 Å². The van der Waals surface area contributed by atoms with Gasteiger partial charge in [0.25, 0.3) is 0 Å². The molecule has 0 bridgehead atoms. The average Bonchev–Trinajstić information content (AvgIpc) is 3.01. The molecule has 0 aliphatic heterocycles. The second-order valence-corrected chi connectivity index (χ2v) is 7.48. The lowest BCUT2D eigenvalue weighted by atomic mass is 10.3. The monoisotopic (exact) mass is 378 g/mol. The Labute approximate surface area is 153 Å². The molecule has 0 aliphatic rings. The Morgan fingerprint density at radius 3 is 2.83 bits per heavy atom. The van der Waals surface area contributed by atoms with Crippen LogP contribution in [0.2, 0.25) is 5.02 Å². The third-order valence-corrected chi connectivity index (χ3v) is 5.71. The maximum absolute atomic E-state index is 12.1. The molecule has 1 aromatic heterocycles. The highest BCUT2D eigenvalue weighted by Crippen LogP contribution is 2.37. The number of benzene rings is 2. The first-order valence-corrected chi connectivity index (χ1v) is 9.46. The third-order valence-electron chi connectivity index (χ3n) is 3.27. The van der Waals surface area contributed by atoms with Gasteiger partial charge in [0.1, 0.15) is 11.3 Å². The second kappa shape index (κ2) is 7.88. The first kappa shape index (κ1) is 17.1.